The Morgan fingerprint density at radius 3 is 2.68 bits per heavy atom. The van der Waals surface area contributed by atoms with Crippen molar-refractivity contribution >= 4 is 40.5 Å². The first-order valence-corrected chi connectivity index (χ1v) is 9.47. The van der Waals surface area contributed by atoms with E-state index in [-0.39, 0.29) is 18.4 Å². The van der Waals surface area contributed by atoms with Gasteiger partial charge < -0.3 is 9.88 Å². The Morgan fingerprint density at radius 1 is 1.07 bits per heavy atom. The lowest BCUT2D eigenvalue weighted by atomic mass is 9.94. The fraction of sp³-hybridized carbons (Fsp3) is 0.190. The lowest BCUT2D eigenvalue weighted by Gasteiger charge is -2.40. The van der Waals surface area contributed by atoms with Crippen molar-refractivity contribution in [2.45, 2.75) is 19.0 Å². The minimum Gasteiger partial charge on any atom is -0.357 e. The molecule has 1 fully saturated rings. The lowest BCUT2D eigenvalue weighted by Crippen LogP contribution is -2.60. The third kappa shape index (κ3) is 2.77. The van der Waals surface area contributed by atoms with E-state index in [2.05, 4.69) is 10.1 Å². The highest BCUT2D eigenvalue weighted by Crippen LogP contribution is 2.32. The summed E-state index contributed by atoms with van der Waals surface area (Å²) in [6.45, 7) is 0.378. The van der Waals surface area contributed by atoms with Crippen LogP contribution in [0.3, 0.4) is 0 Å². The summed E-state index contributed by atoms with van der Waals surface area (Å²) in [5, 5.41) is 7.29. The summed E-state index contributed by atoms with van der Waals surface area (Å²) in [5.74, 6) is -0.247. The normalized spacial score (nSPS) is 19.4. The van der Waals surface area contributed by atoms with Crippen molar-refractivity contribution in [2.24, 2.45) is 5.10 Å². The second-order valence-electron chi connectivity index (χ2n) is 7.06. The van der Waals surface area contributed by atoms with Gasteiger partial charge in [-0.25, -0.2) is 5.01 Å². The maximum Gasteiger partial charge on any atom is 0.266 e. The number of nitrogens with one attached hydrogen (secondary N) is 1. The quantitative estimate of drug-likeness (QED) is 0.681. The molecule has 0 radical (unpaired) electrons. The van der Waals surface area contributed by atoms with E-state index in [9.17, 15) is 9.59 Å². The molecular formula is C21H17ClN4O2. The van der Waals surface area contributed by atoms with E-state index in [0.29, 0.717) is 18.0 Å². The number of aromatic amines is 1. The Hall–Kier alpha value is -3.12. The fourth-order valence-electron chi connectivity index (χ4n) is 3.94. The summed E-state index contributed by atoms with van der Waals surface area (Å²) in [5.41, 5.74) is 3.97. The number of amides is 2. The molecule has 5 rings (SSSR count). The minimum absolute atomic E-state index is 0.0466. The highest BCUT2D eigenvalue weighted by atomic mass is 35.5. The Labute approximate surface area is 166 Å². The molecule has 3 aromatic rings. The Bertz CT molecular complexity index is 1120. The van der Waals surface area contributed by atoms with Gasteiger partial charge in [0, 0.05) is 28.0 Å². The van der Waals surface area contributed by atoms with Crippen LogP contribution in [0.25, 0.3) is 10.9 Å². The van der Waals surface area contributed by atoms with Crippen molar-refractivity contribution in [1.29, 1.82) is 0 Å². The number of piperazine rings is 1. The number of carbonyl (C=O) groups is 2. The van der Waals surface area contributed by atoms with Gasteiger partial charge in [-0.1, -0.05) is 41.9 Å². The Morgan fingerprint density at radius 2 is 1.86 bits per heavy atom. The van der Waals surface area contributed by atoms with Crippen LogP contribution in [-0.4, -0.2) is 45.5 Å². The standard InChI is InChI=1S/C21H17ClN4O2/c22-14-7-5-13(6-8-14)10-23-26-12-20(27)25-11-18-16(9-19(25)21(26)28)15-3-1-2-4-17(15)24-18/h1-8,10,19,24H,9,11-12H2. The van der Waals surface area contributed by atoms with Gasteiger partial charge >= 0.3 is 0 Å². The summed E-state index contributed by atoms with van der Waals surface area (Å²) in [7, 11) is 0. The number of carbonyl (C=O) groups excluding carboxylic acids is 2. The highest BCUT2D eigenvalue weighted by molar-refractivity contribution is 6.30. The lowest BCUT2D eigenvalue weighted by molar-refractivity contribution is -0.157. The molecule has 2 aliphatic heterocycles. The Balaban J connectivity index is 1.44. The number of halogens is 1. The molecule has 6 nitrogen and oxygen atoms in total. The van der Waals surface area contributed by atoms with Crippen molar-refractivity contribution in [3.8, 4) is 0 Å². The molecule has 28 heavy (non-hydrogen) atoms. The average Bonchev–Trinajstić information content (AvgIpc) is 3.07. The highest BCUT2D eigenvalue weighted by Gasteiger charge is 2.43. The van der Waals surface area contributed by atoms with E-state index in [4.69, 9.17) is 11.6 Å². The van der Waals surface area contributed by atoms with Gasteiger partial charge in [0.15, 0.2) is 0 Å². The first-order valence-electron chi connectivity index (χ1n) is 9.09. The van der Waals surface area contributed by atoms with Crippen LogP contribution in [0.4, 0.5) is 0 Å². The number of nitrogens with zero attached hydrogens (tertiary/aromatic N) is 3. The second-order valence-corrected chi connectivity index (χ2v) is 7.50. The molecule has 0 spiro atoms. The molecule has 1 N–H and O–H groups in total. The molecule has 140 valence electrons. The van der Waals surface area contributed by atoms with Crippen LogP contribution in [0, 0.1) is 0 Å². The largest absolute Gasteiger partial charge is 0.357 e. The third-order valence-electron chi connectivity index (χ3n) is 5.37. The average molecular weight is 393 g/mol. The maximum absolute atomic E-state index is 13.0. The van der Waals surface area contributed by atoms with E-state index in [1.54, 1.807) is 23.2 Å². The molecule has 0 aliphatic carbocycles. The Kier molecular flexibility index (Phi) is 3.94. The van der Waals surface area contributed by atoms with E-state index < -0.39 is 6.04 Å². The number of benzene rings is 2. The smallest absolute Gasteiger partial charge is 0.266 e. The molecule has 1 aromatic heterocycles. The summed E-state index contributed by atoms with van der Waals surface area (Å²) in [6, 6.07) is 14.6. The zero-order valence-electron chi connectivity index (χ0n) is 14.9. The van der Waals surface area contributed by atoms with Gasteiger partial charge in [-0.2, -0.15) is 5.10 Å². The number of hydrogen-bond donors (Lipinski definition) is 1. The monoisotopic (exact) mass is 392 g/mol. The summed E-state index contributed by atoms with van der Waals surface area (Å²) < 4.78 is 0. The predicted molar refractivity (Wildman–Crippen MR) is 107 cm³/mol. The van der Waals surface area contributed by atoms with E-state index >= 15 is 0 Å². The van der Waals surface area contributed by atoms with E-state index in [1.807, 2.05) is 36.4 Å². The number of fused-ring (bicyclic) bond motifs is 4. The van der Waals surface area contributed by atoms with Crippen LogP contribution in [0.1, 0.15) is 16.8 Å². The first kappa shape index (κ1) is 17.0. The summed E-state index contributed by atoms with van der Waals surface area (Å²) >= 11 is 5.89. The van der Waals surface area contributed by atoms with Gasteiger partial charge in [0.2, 0.25) is 5.91 Å². The van der Waals surface area contributed by atoms with E-state index in [0.717, 1.165) is 27.7 Å². The van der Waals surface area contributed by atoms with Gasteiger partial charge in [-0.3, -0.25) is 9.59 Å². The van der Waals surface area contributed by atoms with Gasteiger partial charge in [0.25, 0.3) is 5.91 Å². The molecule has 3 heterocycles. The zero-order valence-corrected chi connectivity index (χ0v) is 15.7. The van der Waals surface area contributed by atoms with Gasteiger partial charge in [0.05, 0.1) is 12.8 Å². The molecule has 2 amide bonds. The SMILES string of the molecule is O=C1C2Cc3c([nH]c4ccccc34)CN2C(=O)CN1N=Cc1ccc(Cl)cc1. The number of hydrogen-bond acceptors (Lipinski definition) is 3. The van der Waals surface area contributed by atoms with Crippen molar-refractivity contribution < 1.29 is 9.59 Å². The molecule has 0 saturated carbocycles. The first-order chi connectivity index (χ1) is 13.6. The fourth-order valence-corrected chi connectivity index (χ4v) is 4.07. The molecule has 0 bridgehead atoms. The maximum atomic E-state index is 13.0. The van der Waals surface area contributed by atoms with Crippen LogP contribution in [0.15, 0.2) is 53.6 Å². The van der Waals surface area contributed by atoms with Gasteiger partial charge in [-0.05, 0) is 29.3 Å². The topological polar surface area (TPSA) is 68.8 Å². The number of aromatic nitrogens is 1. The molecule has 7 heteroatoms. The third-order valence-corrected chi connectivity index (χ3v) is 5.62. The minimum atomic E-state index is -0.518. The van der Waals surface area contributed by atoms with Crippen LogP contribution in [0.2, 0.25) is 5.02 Å². The van der Waals surface area contributed by atoms with Crippen LogP contribution < -0.4 is 0 Å². The van der Waals surface area contributed by atoms with Crippen LogP contribution in [-0.2, 0) is 22.6 Å². The van der Waals surface area contributed by atoms with E-state index in [1.165, 1.54) is 5.01 Å². The zero-order chi connectivity index (χ0) is 19.3. The molecule has 1 atom stereocenters. The molecule has 2 aliphatic rings. The van der Waals surface area contributed by atoms with Crippen molar-refractivity contribution in [3.05, 3.63) is 70.4 Å². The van der Waals surface area contributed by atoms with Gasteiger partial charge in [0.1, 0.15) is 12.6 Å². The second kappa shape index (κ2) is 6.49. The number of para-hydroxylation sites is 1. The molecule has 2 aromatic carbocycles. The van der Waals surface area contributed by atoms with Crippen molar-refractivity contribution in [2.75, 3.05) is 6.54 Å². The van der Waals surface area contributed by atoms with Crippen LogP contribution in [0.5, 0.6) is 0 Å². The number of hydrazone groups is 1. The molecule has 1 saturated heterocycles. The van der Waals surface area contributed by atoms with Gasteiger partial charge in [-0.15, -0.1) is 0 Å². The molecule has 1 unspecified atom stereocenters. The number of H-pyrrole nitrogens is 1. The van der Waals surface area contributed by atoms with Crippen molar-refractivity contribution in [1.82, 2.24) is 14.9 Å². The molecular weight excluding hydrogens is 376 g/mol. The summed E-state index contributed by atoms with van der Waals surface area (Å²) in [6.07, 6.45) is 2.08. The van der Waals surface area contributed by atoms with Crippen molar-refractivity contribution in [3.63, 3.8) is 0 Å². The number of rotatable bonds is 2. The predicted octanol–water partition coefficient (Wildman–Crippen LogP) is 2.95. The van der Waals surface area contributed by atoms with Crippen LogP contribution >= 0.6 is 11.6 Å². The summed E-state index contributed by atoms with van der Waals surface area (Å²) in [4.78, 5) is 30.8.